The summed E-state index contributed by atoms with van der Waals surface area (Å²) < 4.78 is 38.8. The Morgan fingerprint density at radius 2 is 1.60 bits per heavy atom. The Kier molecular flexibility index (Phi) is 7.76. The normalized spacial score (nSPS) is 11.7. The van der Waals surface area contributed by atoms with Crippen LogP contribution in [0.25, 0.3) is 0 Å². The monoisotopic (exact) mass is 302 g/mol. The molecular formula is C14H22O5S. The predicted octanol–water partition coefficient (Wildman–Crippen LogP) is 2.14. The third-order valence-electron chi connectivity index (χ3n) is 2.66. The van der Waals surface area contributed by atoms with Crippen LogP contribution in [0.3, 0.4) is 0 Å². The lowest BCUT2D eigenvalue weighted by atomic mass is 10.2. The highest BCUT2D eigenvalue weighted by Gasteiger charge is 2.14. The molecule has 0 aliphatic heterocycles. The van der Waals surface area contributed by atoms with Gasteiger partial charge in [0.1, 0.15) is 0 Å². The average Bonchev–Trinajstić information content (AvgIpc) is 2.42. The molecule has 0 fully saturated rings. The van der Waals surface area contributed by atoms with Crippen LogP contribution in [-0.4, -0.2) is 42.0 Å². The molecule has 20 heavy (non-hydrogen) atoms. The molecule has 0 aliphatic rings. The van der Waals surface area contributed by atoms with Crippen LogP contribution in [0.2, 0.25) is 0 Å². The number of ether oxygens (including phenoxy) is 2. The van der Waals surface area contributed by atoms with Crippen molar-refractivity contribution in [1.82, 2.24) is 0 Å². The van der Waals surface area contributed by atoms with Crippen molar-refractivity contribution in [1.29, 1.82) is 0 Å². The smallest absolute Gasteiger partial charge is 0.296 e. The molecule has 0 saturated carbocycles. The minimum Gasteiger partial charge on any atom is -0.382 e. The van der Waals surface area contributed by atoms with E-state index >= 15 is 0 Å². The molecular weight excluding hydrogens is 280 g/mol. The molecule has 1 aromatic carbocycles. The number of rotatable bonds is 10. The standard InChI is InChI=1S/C14H22O5S/c1-13-5-7-14(8-6-13)20(15,16)19-10-4-3-9-18-12-11-17-2/h5-8H,3-4,9-12H2,1-2H3. The van der Waals surface area contributed by atoms with Crippen LogP contribution < -0.4 is 0 Å². The van der Waals surface area contributed by atoms with Crippen LogP contribution in [-0.2, 0) is 23.8 Å². The zero-order valence-corrected chi connectivity index (χ0v) is 12.8. The van der Waals surface area contributed by atoms with Gasteiger partial charge in [0.25, 0.3) is 10.1 Å². The van der Waals surface area contributed by atoms with E-state index in [-0.39, 0.29) is 11.5 Å². The van der Waals surface area contributed by atoms with Crippen molar-refractivity contribution in [2.75, 3.05) is 33.5 Å². The summed E-state index contributed by atoms with van der Waals surface area (Å²) in [5.74, 6) is 0. The Morgan fingerprint density at radius 1 is 0.950 bits per heavy atom. The maximum atomic E-state index is 11.8. The molecule has 0 aliphatic carbocycles. The van der Waals surface area contributed by atoms with Gasteiger partial charge in [0.05, 0.1) is 24.7 Å². The highest BCUT2D eigenvalue weighted by atomic mass is 32.2. The summed E-state index contributed by atoms with van der Waals surface area (Å²) in [6.45, 7) is 3.78. The zero-order chi connectivity index (χ0) is 14.8. The van der Waals surface area contributed by atoms with Gasteiger partial charge in [0.2, 0.25) is 0 Å². The van der Waals surface area contributed by atoms with E-state index in [2.05, 4.69) is 0 Å². The molecule has 1 rings (SSSR count). The van der Waals surface area contributed by atoms with Crippen molar-refractivity contribution in [2.45, 2.75) is 24.7 Å². The molecule has 6 heteroatoms. The maximum absolute atomic E-state index is 11.8. The van der Waals surface area contributed by atoms with E-state index in [4.69, 9.17) is 13.7 Å². The van der Waals surface area contributed by atoms with Gasteiger partial charge in [-0.2, -0.15) is 8.42 Å². The molecule has 0 heterocycles. The average molecular weight is 302 g/mol. The molecule has 0 bridgehead atoms. The topological polar surface area (TPSA) is 61.8 Å². The lowest BCUT2D eigenvalue weighted by molar-refractivity contribution is 0.0675. The molecule has 0 unspecified atom stereocenters. The lowest BCUT2D eigenvalue weighted by Gasteiger charge is -2.06. The fraction of sp³-hybridized carbons (Fsp3) is 0.571. The van der Waals surface area contributed by atoms with Gasteiger partial charge in [-0.1, -0.05) is 17.7 Å². The summed E-state index contributed by atoms with van der Waals surface area (Å²) in [6.07, 6.45) is 1.39. The van der Waals surface area contributed by atoms with Crippen LogP contribution in [0.15, 0.2) is 29.2 Å². The van der Waals surface area contributed by atoms with E-state index in [9.17, 15) is 8.42 Å². The molecule has 114 valence electrons. The fourth-order valence-corrected chi connectivity index (χ4v) is 2.43. The first kappa shape index (κ1) is 17.1. The van der Waals surface area contributed by atoms with Gasteiger partial charge >= 0.3 is 0 Å². The minimum absolute atomic E-state index is 0.170. The second-order valence-electron chi connectivity index (χ2n) is 4.40. The first-order valence-corrected chi connectivity index (χ1v) is 8.00. The Balaban J connectivity index is 2.22. The Labute approximate surface area is 121 Å². The highest BCUT2D eigenvalue weighted by molar-refractivity contribution is 7.86. The molecule has 0 atom stereocenters. The van der Waals surface area contributed by atoms with Crippen molar-refractivity contribution < 1.29 is 22.1 Å². The first-order chi connectivity index (χ1) is 9.56. The number of benzene rings is 1. The first-order valence-electron chi connectivity index (χ1n) is 6.59. The summed E-state index contributed by atoms with van der Waals surface area (Å²) >= 11 is 0. The predicted molar refractivity (Wildman–Crippen MR) is 76.2 cm³/mol. The zero-order valence-electron chi connectivity index (χ0n) is 12.0. The highest BCUT2D eigenvalue weighted by Crippen LogP contribution is 2.13. The van der Waals surface area contributed by atoms with Crippen molar-refractivity contribution in [2.24, 2.45) is 0 Å². The van der Waals surface area contributed by atoms with Crippen molar-refractivity contribution in [3.05, 3.63) is 29.8 Å². The van der Waals surface area contributed by atoms with E-state index < -0.39 is 10.1 Å². The lowest BCUT2D eigenvalue weighted by Crippen LogP contribution is -2.09. The molecule has 0 aromatic heterocycles. The number of aryl methyl sites for hydroxylation is 1. The molecule has 0 saturated heterocycles. The molecule has 0 spiro atoms. The van der Waals surface area contributed by atoms with Gasteiger partial charge < -0.3 is 9.47 Å². The molecule has 1 aromatic rings. The second-order valence-corrected chi connectivity index (χ2v) is 6.02. The van der Waals surface area contributed by atoms with Gasteiger partial charge in [-0.05, 0) is 31.9 Å². The van der Waals surface area contributed by atoms with E-state index in [1.807, 2.05) is 6.92 Å². The number of hydrogen-bond acceptors (Lipinski definition) is 5. The summed E-state index contributed by atoms with van der Waals surface area (Å²) in [5, 5.41) is 0. The number of methoxy groups -OCH3 is 1. The number of hydrogen-bond donors (Lipinski definition) is 0. The largest absolute Gasteiger partial charge is 0.382 e. The molecule has 0 N–H and O–H groups in total. The molecule has 0 amide bonds. The fourth-order valence-electron chi connectivity index (χ4n) is 1.49. The van der Waals surface area contributed by atoms with Crippen LogP contribution in [0.4, 0.5) is 0 Å². The minimum atomic E-state index is -3.64. The van der Waals surface area contributed by atoms with Crippen LogP contribution in [0, 0.1) is 6.92 Å². The summed E-state index contributed by atoms with van der Waals surface area (Å²) in [4.78, 5) is 0.194. The quantitative estimate of drug-likeness (QED) is 0.489. The van der Waals surface area contributed by atoms with Gasteiger partial charge in [-0.15, -0.1) is 0 Å². The van der Waals surface area contributed by atoms with E-state index in [1.165, 1.54) is 0 Å². The van der Waals surface area contributed by atoms with Crippen molar-refractivity contribution in [3.63, 3.8) is 0 Å². The van der Waals surface area contributed by atoms with Gasteiger partial charge in [-0.3, -0.25) is 4.18 Å². The molecule has 0 radical (unpaired) electrons. The van der Waals surface area contributed by atoms with Crippen LogP contribution in [0.5, 0.6) is 0 Å². The Bertz CT molecular complexity index is 467. The summed E-state index contributed by atoms with van der Waals surface area (Å²) in [7, 11) is -2.02. The van der Waals surface area contributed by atoms with E-state index in [1.54, 1.807) is 31.4 Å². The third kappa shape index (κ3) is 6.47. The van der Waals surface area contributed by atoms with E-state index in [0.717, 1.165) is 12.0 Å². The summed E-state index contributed by atoms with van der Waals surface area (Å²) in [5.41, 5.74) is 1.01. The number of unbranched alkanes of at least 4 members (excludes halogenated alkanes) is 1. The van der Waals surface area contributed by atoms with Crippen molar-refractivity contribution in [3.8, 4) is 0 Å². The Morgan fingerprint density at radius 3 is 2.25 bits per heavy atom. The summed E-state index contributed by atoms with van der Waals surface area (Å²) in [6, 6.07) is 6.61. The SMILES string of the molecule is COCCOCCCCOS(=O)(=O)c1ccc(C)cc1. The van der Waals surface area contributed by atoms with Gasteiger partial charge in [0, 0.05) is 13.7 Å². The van der Waals surface area contributed by atoms with Crippen molar-refractivity contribution >= 4 is 10.1 Å². The third-order valence-corrected chi connectivity index (χ3v) is 3.99. The van der Waals surface area contributed by atoms with Crippen LogP contribution in [0.1, 0.15) is 18.4 Å². The second kappa shape index (κ2) is 9.07. The maximum Gasteiger partial charge on any atom is 0.296 e. The van der Waals surface area contributed by atoms with Gasteiger partial charge in [-0.25, -0.2) is 0 Å². The van der Waals surface area contributed by atoms with Gasteiger partial charge in [0.15, 0.2) is 0 Å². The van der Waals surface area contributed by atoms with E-state index in [0.29, 0.717) is 26.2 Å². The Hall–Kier alpha value is -0.950. The van der Waals surface area contributed by atoms with Crippen LogP contribution >= 0.6 is 0 Å². The molecule has 5 nitrogen and oxygen atoms in total.